The standard InChI is InChI=1S/C12H12IN3O4S/c1-19-10-7-11(20-2)15-12(14-10)16-21(17,18)9-5-3-8(13)4-6-9/h3-7H,1-2H3,(H,14,15,16). The van der Waals surface area contributed by atoms with Crippen LogP contribution in [-0.2, 0) is 10.0 Å². The maximum atomic E-state index is 12.2. The van der Waals surface area contributed by atoms with E-state index in [0.717, 1.165) is 3.57 Å². The summed E-state index contributed by atoms with van der Waals surface area (Å²) in [6.45, 7) is 0. The molecule has 0 saturated heterocycles. The van der Waals surface area contributed by atoms with E-state index in [1.165, 1.54) is 32.4 Å². The van der Waals surface area contributed by atoms with Crippen molar-refractivity contribution < 1.29 is 17.9 Å². The van der Waals surface area contributed by atoms with Crippen molar-refractivity contribution in [2.24, 2.45) is 0 Å². The van der Waals surface area contributed by atoms with Gasteiger partial charge in [-0.2, -0.15) is 9.97 Å². The SMILES string of the molecule is COc1cc(OC)nc(NS(=O)(=O)c2ccc(I)cc2)n1. The van der Waals surface area contributed by atoms with Gasteiger partial charge in [0, 0.05) is 3.57 Å². The van der Waals surface area contributed by atoms with Crippen LogP contribution in [0, 0.1) is 3.57 Å². The highest BCUT2D eigenvalue weighted by Gasteiger charge is 2.17. The maximum Gasteiger partial charge on any atom is 0.264 e. The number of halogens is 1. The predicted molar refractivity (Wildman–Crippen MR) is 85.1 cm³/mol. The third kappa shape index (κ3) is 3.94. The highest BCUT2D eigenvalue weighted by molar-refractivity contribution is 14.1. The molecule has 1 aromatic heterocycles. The number of sulfonamides is 1. The van der Waals surface area contributed by atoms with Crippen LogP contribution in [0.15, 0.2) is 35.2 Å². The quantitative estimate of drug-likeness (QED) is 0.742. The number of anilines is 1. The van der Waals surface area contributed by atoms with Crippen LogP contribution in [0.1, 0.15) is 0 Å². The number of nitrogens with one attached hydrogen (secondary N) is 1. The Morgan fingerprint density at radius 2 is 1.57 bits per heavy atom. The van der Waals surface area contributed by atoms with Gasteiger partial charge in [0.1, 0.15) is 0 Å². The number of hydrogen-bond acceptors (Lipinski definition) is 6. The molecule has 0 bridgehead atoms. The van der Waals surface area contributed by atoms with Crippen molar-refractivity contribution in [1.29, 1.82) is 0 Å². The number of benzene rings is 1. The van der Waals surface area contributed by atoms with E-state index >= 15 is 0 Å². The minimum Gasteiger partial charge on any atom is -0.481 e. The summed E-state index contributed by atoms with van der Waals surface area (Å²) < 4.78 is 37.6. The zero-order valence-corrected chi connectivity index (χ0v) is 14.2. The molecule has 0 atom stereocenters. The second-order valence-corrected chi connectivity index (χ2v) is 6.76. The van der Waals surface area contributed by atoms with Gasteiger partial charge in [-0.25, -0.2) is 13.1 Å². The fourth-order valence-electron chi connectivity index (χ4n) is 1.45. The fraction of sp³-hybridized carbons (Fsp3) is 0.167. The van der Waals surface area contributed by atoms with Gasteiger partial charge in [-0.3, -0.25) is 0 Å². The summed E-state index contributed by atoms with van der Waals surface area (Å²) in [6, 6.07) is 7.84. The lowest BCUT2D eigenvalue weighted by Gasteiger charge is -2.09. The molecule has 2 rings (SSSR count). The van der Waals surface area contributed by atoms with E-state index in [4.69, 9.17) is 9.47 Å². The monoisotopic (exact) mass is 421 g/mol. The first kappa shape index (κ1) is 15.8. The average Bonchev–Trinajstić information content (AvgIpc) is 2.46. The number of rotatable bonds is 5. The predicted octanol–water partition coefficient (Wildman–Crippen LogP) is 1.90. The van der Waals surface area contributed by atoms with Crippen LogP contribution in [0.4, 0.5) is 5.95 Å². The van der Waals surface area contributed by atoms with E-state index in [1.807, 2.05) is 0 Å². The van der Waals surface area contributed by atoms with Gasteiger partial charge in [-0.1, -0.05) is 0 Å². The van der Waals surface area contributed by atoms with Crippen LogP contribution in [0.3, 0.4) is 0 Å². The third-order valence-electron chi connectivity index (χ3n) is 2.45. The number of ether oxygens (including phenoxy) is 2. The van der Waals surface area contributed by atoms with Crippen LogP contribution >= 0.6 is 22.6 Å². The summed E-state index contributed by atoms with van der Waals surface area (Å²) in [5.41, 5.74) is 0. The van der Waals surface area contributed by atoms with Crippen LogP contribution < -0.4 is 14.2 Å². The summed E-state index contributed by atoms with van der Waals surface area (Å²) in [4.78, 5) is 7.96. The van der Waals surface area contributed by atoms with Gasteiger partial charge >= 0.3 is 0 Å². The maximum absolute atomic E-state index is 12.2. The van der Waals surface area contributed by atoms with Crippen LogP contribution in [0.25, 0.3) is 0 Å². The summed E-state index contributed by atoms with van der Waals surface area (Å²) in [7, 11) is -0.938. The molecule has 1 N–H and O–H groups in total. The molecule has 1 heterocycles. The zero-order valence-electron chi connectivity index (χ0n) is 11.2. The Kier molecular flexibility index (Phi) is 4.83. The molecule has 112 valence electrons. The second kappa shape index (κ2) is 6.43. The molecule has 0 spiro atoms. The number of hydrogen-bond donors (Lipinski definition) is 1. The molecule has 0 radical (unpaired) electrons. The molecule has 0 amide bonds. The Hall–Kier alpha value is -1.62. The molecule has 9 heteroatoms. The molecule has 2 aromatic rings. The zero-order chi connectivity index (χ0) is 15.5. The molecule has 0 unspecified atom stereocenters. The van der Waals surface area contributed by atoms with Crippen LogP contribution in [0.5, 0.6) is 11.8 Å². The average molecular weight is 421 g/mol. The van der Waals surface area contributed by atoms with E-state index in [2.05, 4.69) is 37.3 Å². The summed E-state index contributed by atoms with van der Waals surface area (Å²) in [6.07, 6.45) is 0. The lowest BCUT2D eigenvalue weighted by molar-refractivity contribution is 0.373. The van der Waals surface area contributed by atoms with E-state index < -0.39 is 10.0 Å². The van der Waals surface area contributed by atoms with E-state index in [-0.39, 0.29) is 22.6 Å². The number of methoxy groups -OCH3 is 2. The molecule has 0 aliphatic rings. The number of aromatic nitrogens is 2. The van der Waals surface area contributed by atoms with E-state index in [0.29, 0.717) is 0 Å². The van der Waals surface area contributed by atoms with Gasteiger partial charge < -0.3 is 9.47 Å². The van der Waals surface area contributed by atoms with Crippen molar-refractivity contribution in [1.82, 2.24) is 9.97 Å². The first-order valence-corrected chi connectivity index (χ1v) is 8.26. The Balaban J connectivity index is 2.34. The molecular formula is C12H12IN3O4S. The summed E-state index contributed by atoms with van der Waals surface area (Å²) >= 11 is 2.09. The molecule has 7 nitrogen and oxygen atoms in total. The van der Waals surface area contributed by atoms with Gasteiger partial charge in [0.05, 0.1) is 25.2 Å². The summed E-state index contributed by atoms with van der Waals surface area (Å²) in [5, 5.41) is 0. The largest absolute Gasteiger partial charge is 0.481 e. The second-order valence-electron chi connectivity index (χ2n) is 3.84. The van der Waals surface area contributed by atoms with Crippen LogP contribution in [0.2, 0.25) is 0 Å². The molecule has 0 fully saturated rings. The van der Waals surface area contributed by atoms with Crippen molar-refractivity contribution in [2.75, 3.05) is 18.9 Å². The first-order valence-electron chi connectivity index (χ1n) is 5.70. The van der Waals surface area contributed by atoms with Crippen molar-refractivity contribution in [3.05, 3.63) is 33.9 Å². The summed E-state index contributed by atoms with van der Waals surface area (Å²) in [5.74, 6) is 0.272. The Morgan fingerprint density at radius 3 is 2.05 bits per heavy atom. The van der Waals surface area contributed by atoms with Gasteiger partial charge in [-0.05, 0) is 46.9 Å². The smallest absolute Gasteiger partial charge is 0.264 e. The fourth-order valence-corrected chi connectivity index (χ4v) is 2.76. The lowest BCUT2D eigenvalue weighted by Crippen LogP contribution is -2.15. The Morgan fingerprint density at radius 1 is 1.05 bits per heavy atom. The Bertz CT molecular complexity index is 712. The van der Waals surface area contributed by atoms with Gasteiger partial charge in [0.15, 0.2) is 0 Å². The molecule has 0 saturated carbocycles. The minimum atomic E-state index is -3.77. The van der Waals surface area contributed by atoms with Gasteiger partial charge in [-0.15, -0.1) is 0 Å². The topological polar surface area (TPSA) is 90.4 Å². The van der Waals surface area contributed by atoms with E-state index in [9.17, 15) is 8.42 Å². The van der Waals surface area contributed by atoms with Crippen molar-refractivity contribution in [3.63, 3.8) is 0 Å². The van der Waals surface area contributed by atoms with Gasteiger partial charge in [0.2, 0.25) is 17.7 Å². The lowest BCUT2D eigenvalue weighted by atomic mass is 10.4. The highest BCUT2D eigenvalue weighted by atomic mass is 127. The molecule has 0 aliphatic carbocycles. The minimum absolute atomic E-state index is 0.119. The first-order chi connectivity index (χ1) is 9.94. The van der Waals surface area contributed by atoms with Crippen molar-refractivity contribution in [2.45, 2.75) is 4.90 Å². The van der Waals surface area contributed by atoms with Gasteiger partial charge in [0.25, 0.3) is 10.0 Å². The molecule has 21 heavy (non-hydrogen) atoms. The van der Waals surface area contributed by atoms with Crippen molar-refractivity contribution in [3.8, 4) is 11.8 Å². The normalized spacial score (nSPS) is 11.0. The Labute approximate surface area is 135 Å². The van der Waals surface area contributed by atoms with E-state index in [1.54, 1.807) is 12.1 Å². The number of nitrogens with zero attached hydrogens (tertiary/aromatic N) is 2. The highest BCUT2D eigenvalue weighted by Crippen LogP contribution is 2.20. The molecule has 1 aromatic carbocycles. The molecular weight excluding hydrogens is 409 g/mol. The van der Waals surface area contributed by atoms with Crippen LogP contribution in [-0.4, -0.2) is 32.6 Å². The van der Waals surface area contributed by atoms with Crippen molar-refractivity contribution >= 4 is 38.6 Å². The third-order valence-corrected chi connectivity index (χ3v) is 4.51. The molecule has 0 aliphatic heterocycles.